The minimum Gasteiger partial charge on any atom is -0.392 e. The molecule has 34 heavy (non-hydrogen) atoms. The van der Waals surface area contributed by atoms with Crippen LogP contribution in [0.2, 0.25) is 0 Å². The summed E-state index contributed by atoms with van der Waals surface area (Å²) in [7, 11) is 5.77. The molecule has 0 aromatic heterocycles. The van der Waals surface area contributed by atoms with E-state index < -0.39 is 41.8 Å². The Labute approximate surface area is 205 Å². The smallest absolute Gasteiger partial charge is 0.241 e. The van der Waals surface area contributed by atoms with Crippen LogP contribution in [-0.2, 0) is 19.1 Å². The van der Waals surface area contributed by atoms with Gasteiger partial charge in [0.1, 0.15) is 0 Å². The summed E-state index contributed by atoms with van der Waals surface area (Å²) in [6.07, 6.45) is -1.22. The summed E-state index contributed by atoms with van der Waals surface area (Å²) in [4.78, 5) is 28.9. The SMILES string of the molecule is C[C@H]1CN(C)C(=O)CNC(=O)[C@H](C)[C@@H](O)[C@H](C)[C@@H](O[C@@H]2O[C@H](C)C[C@H](N(C)C)[C@H]2C)[C@](C)(O)C1. The van der Waals surface area contributed by atoms with Gasteiger partial charge < -0.3 is 34.8 Å². The van der Waals surface area contributed by atoms with E-state index in [0.29, 0.717) is 13.0 Å². The van der Waals surface area contributed by atoms with E-state index >= 15 is 0 Å². The third-order valence-corrected chi connectivity index (χ3v) is 7.66. The number of hydrogen-bond donors (Lipinski definition) is 3. The molecule has 2 aliphatic heterocycles. The van der Waals surface area contributed by atoms with Crippen LogP contribution in [0.25, 0.3) is 0 Å². The number of aliphatic hydroxyl groups is 2. The van der Waals surface area contributed by atoms with Crippen molar-refractivity contribution in [1.82, 2.24) is 15.1 Å². The highest BCUT2D eigenvalue weighted by molar-refractivity contribution is 5.85. The van der Waals surface area contributed by atoms with Crippen LogP contribution in [0, 0.1) is 23.7 Å². The van der Waals surface area contributed by atoms with Crippen molar-refractivity contribution in [3.63, 3.8) is 0 Å². The highest BCUT2D eigenvalue weighted by Gasteiger charge is 2.47. The highest BCUT2D eigenvalue weighted by atomic mass is 16.7. The minimum absolute atomic E-state index is 0.0168. The van der Waals surface area contributed by atoms with Gasteiger partial charge in [-0.1, -0.05) is 27.7 Å². The van der Waals surface area contributed by atoms with Gasteiger partial charge in [-0.15, -0.1) is 0 Å². The van der Waals surface area contributed by atoms with Gasteiger partial charge in [0.2, 0.25) is 11.8 Å². The molecule has 0 aromatic carbocycles. The number of likely N-dealkylation sites (N-methyl/N-ethyl adjacent to an activating group) is 1. The lowest BCUT2D eigenvalue weighted by molar-refractivity contribution is -0.284. The van der Waals surface area contributed by atoms with E-state index in [2.05, 4.69) is 17.1 Å². The number of rotatable bonds is 3. The number of carbonyl (C=O) groups is 2. The van der Waals surface area contributed by atoms with E-state index in [-0.39, 0.29) is 36.4 Å². The second-order valence-corrected chi connectivity index (χ2v) is 11.3. The fourth-order valence-corrected chi connectivity index (χ4v) is 5.67. The van der Waals surface area contributed by atoms with Crippen molar-refractivity contribution in [1.29, 1.82) is 0 Å². The molecule has 0 spiro atoms. The van der Waals surface area contributed by atoms with Crippen LogP contribution in [0.15, 0.2) is 0 Å². The Morgan fingerprint density at radius 2 is 1.76 bits per heavy atom. The molecule has 3 N–H and O–H groups in total. The monoisotopic (exact) mass is 485 g/mol. The molecular formula is C25H47N3O6. The molecule has 0 bridgehead atoms. The maximum absolute atomic E-state index is 12.7. The summed E-state index contributed by atoms with van der Waals surface area (Å²) in [5, 5.41) is 25.5. The number of nitrogens with zero attached hydrogens (tertiary/aromatic N) is 2. The molecule has 2 saturated heterocycles. The van der Waals surface area contributed by atoms with Crippen LogP contribution in [0.3, 0.4) is 0 Å². The highest BCUT2D eigenvalue weighted by Crippen LogP contribution is 2.36. The fraction of sp³-hybridized carbons (Fsp3) is 0.920. The topological polar surface area (TPSA) is 112 Å². The summed E-state index contributed by atoms with van der Waals surface area (Å²) in [5.74, 6) is -1.97. The maximum atomic E-state index is 12.7. The Morgan fingerprint density at radius 3 is 2.35 bits per heavy atom. The standard InChI is InChI=1S/C25H47N3O6/c1-14-11-25(6,32)22(34-24-16(3)19(27(7)8)10-15(2)33-24)17(4)21(30)18(5)23(31)26-12-20(29)28(9)13-14/h14-19,21-22,24,30,32H,10-13H2,1-9H3,(H,26,31)/t14-,15-,16-,17+,18-,19+,21+,22-,24+,25-/m1/s1. The number of amides is 2. The number of ether oxygens (including phenoxy) is 2. The van der Waals surface area contributed by atoms with Gasteiger partial charge in [0.15, 0.2) is 6.29 Å². The molecule has 2 heterocycles. The van der Waals surface area contributed by atoms with Gasteiger partial charge >= 0.3 is 0 Å². The molecule has 2 amide bonds. The maximum Gasteiger partial charge on any atom is 0.241 e. The summed E-state index contributed by atoms with van der Waals surface area (Å²) in [6.45, 7) is 11.5. The molecule has 0 radical (unpaired) electrons. The molecule has 9 nitrogen and oxygen atoms in total. The predicted octanol–water partition coefficient (Wildman–Crippen LogP) is 1.07. The third-order valence-electron chi connectivity index (χ3n) is 7.66. The number of hydrogen-bond acceptors (Lipinski definition) is 7. The molecular weight excluding hydrogens is 438 g/mol. The van der Waals surface area contributed by atoms with Crippen LogP contribution in [0.5, 0.6) is 0 Å². The van der Waals surface area contributed by atoms with Crippen LogP contribution in [0.1, 0.15) is 54.4 Å². The average molecular weight is 486 g/mol. The van der Waals surface area contributed by atoms with Crippen LogP contribution < -0.4 is 5.32 Å². The van der Waals surface area contributed by atoms with Crippen molar-refractivity contribution in [2.45, 2.75) is 90.6 Å². The minimum atomic E-state index is -1.33. The van der Waals surface area contributed by atoms with E-state index in [1.165, 1.54) is 0 Å². The number of carbonyl (C=O) groups excluding carboxylic acids is 2. The molecule has 0 unspecified atom stereocenters. The van der Waals surface area contributed by atoms with Gasteiger partial charge in [-0.05, 0) is 46.7 Å². The molecule has 2 aliphatic rings. The molecule has 9 heteroatoms. The molecule has 2 fully saturated rings. The molecule has 198 valence electrons. The van der Waals surface area contributed by atoms with Crippen LogP contribution in [0.4, 0.5) is 0 Å². The first-order valence-corrected chi connectivity index (χ1v) is 12.5. The summed E-state index contributed by atoms with van der Waals surface area (Å²) < 4.78 is 12.7. The van der Waals surface area contributed by atoms with E-state index in [9.17, 15) is 19.8 Å². The molecule has 2 rings (SSSR count). The lowest BCUT2D eigenvalue weighted by Gasteiger charge is -2.47. The Bertz CT molecular complexity index is 702. The van der Waals surface area contributed by atoms with Crippen molar-refractivity contribution < 1.29 is 29.3 Å². The number of aliphatic hydroxyl groups excluding tert-OH is 1. The normalized spacial score (nSPS) is 43.6. The van der Waals surface area contributed by atoms with Gasteiger partial charge in [-0.25, -0.2) is 0 Å². The van der Waals surface area contributed by atoms with Gasteiger partial charge in [0.05, 0.1) is 36.4 Å². The van der Waals surface area contributed by atoms with Gasteiger partial charge in [-0.2, -0.15) is 0 Å². The van der Waals surface area contributed by atoms with Gasteiger partial charge in [-0.3, -0.25) is 9.59 Å². The zero-order valence-electron chi connectivity index (χ0n) is 22.4. The summed E-state index contributed by atoms with van der Waals surface area (Å²) >= 11 is 0. The second kappa shape index (κ2) is 11.6. The van der Waals surface area contributed by atoms with E-state index in [1.807, 2.05) is 27.9 Å². The molecule has 0 saturated carbocycles. The average Bonchev–Trinajstić information content (AvgIpc) is 2.74. The fourth-order valence-electron chi connectivity index (χ4n) is 5.67. The predicted molar refractivity (Wildman–Crippen MR) is 130 cm³/mol. The zero-order valence-corrected chi connectivity index (χ0v) is 22.4. The lowest BCUT2D eigenvalue weighted by Crippen LogP contribution is -2.56. The van der Waals surface area contributed by atoms with Crippen LogP contribution in [-0.4, -0.2) is 102 Å². The third kappa shape index (κ3) is 6.91. The first-order chi connectivity index (χ1) is 15.7. The van der Waals surface area contributed by atoms with Crippen molar-refractivity contribution in [2.24, 2.45) is 23.7 Å². The Morgan fingerprint density at radius 1 is 1.15 bits per heavy atom. The van der Waals surface area contributed by atoms with E-state index in [0.717, 1.165) is 6.42 Å². The first-order valence-electron chi connectivity index (χ1n) is 12.5. The first kappa shape index (κ1) is 29.0. The van der Waals surface area contributed by atoms with E-state index in [1.54, 1.807) is 32.7 Å². The number of nitrogens with one attached hydrogen (secondary N) is 1. The van der Waals surface area contributed by atoms with Crippen molar-refractivity contribution in [2.75, 3.05) is 34.2 Å². The lowest BCUT2D eigenvalue weighted by atomic mass is 9.77. The summed E-state index contributed by atoms with van der Waals surface area (Å²) in [5.41, 5.74) is -1.33. The Kier molecular flexibility index (Phi) is 9.93. The second-order valence-electron chi connectivity index (χ2n) is 11.3. The largest absolute Gasteiger partial charge is 0.392 e. The van der Waals surface area contributed by atoms with Crippen LogP contribution >= 0.6 is 0 Å². The van der Waals surface area contributed by atoms with Crippen molar-refractivity contribution >= 4 is 11.8 Å². The molecule has 10 atom stereocenters. The Hall–Kier alpha value is -1.26. The quantitative estimate of drug-likeness (QED) is 0.548. The van der Waals surface area contributed by atoms with Gasteiger partial charge in [0, 0.05) is 31.5 Å². The molecule has 0 aliphatic carbocycles. The molecule has 0 aromatic rings. The Balaban J connectivity index is 2.40. The van der Waals surface area contributed by atoms with Gasteiger partial charge in [0.25, 0.3) is 0 Å². The summed E-state index contributed by atoms with van der Waals surface area (Å²) in [6, 6.07) is 0.247. The van der Waals surface area contributed by atoms with E-state index in [4.69, 9.17) is 9.47 Å². The van der Waals surface area contributed by atoms with Crippen molar-refractivity contribution in [3.05, 3.63) is 0 Å². The van der Waals surface area contributed by atoms with Crippen molar-refractivity contribution in [3.8, 4) is 0 Å². The zero-order chi connectivity index (χ0) is 26.0.